The number of rotatable bonds is 9. The van der Waals surface area contributed by atoms with Gasteiger partial charge in [0.05, 0.1) is 11.8 Å². The molecule has 0 spiro atoms. The first-order valence-electron chi connectivity index (χ1n) is 11.1. The monoisotopic (exact) mass is 530 g/mol. The molecule has 0 aromatic heterocycles. The first-order valence-corrected chi connectivity index (χ1v) is 11.1. The second-order valence-corrected chi connectivity index (χ2v) is 9.05. The zero-order valence-electron chi connectivity index (χ0n) is 18.1. The highest BCUT2D eigenvalue weighted by Gasteiger charge is 2.58. The number of carbonyl (C=O) groups excluding carboxylic acids is 2. The van der Waals surface area contributed by atoms with E-state index in [1.807, 2.05) is 6.92 Å². The van der Waals surface area contributed by atoms with Crippen LogP contribution >= 0.6 is 24.0 Å². The van der Waals surface area contributed by atoms with Gasteiger partial charge in [-0.15, -0.1) is 24.0 Å². The highest BCUT2D eigenvalue weighted by molar-refractivity contribution is 14.0. The molecule has 3 aliphatic carbocycles. The van der Waals surface area contributed by atoms with Gasteiger partial charge in [-0.05, 0) is 49.9 Å². The number of aliphatic imine (C=N–C) groups is 1. The largest absolute Gasteiger partial charge is 0.385 e. The number of halogens is 1. The van der Waals surface area contributed by atoms with Crippen LogP contribution in [0.15, 0.2) is 17.1 Å². The van der Waals surface area contributed by atoms with Gasteiger partial charge in [-0.3, -0.25) is 19.5 Å². The van der Waals surface area contributed by atoms with Crippen LogP contribution < -0.4 is 10.6 Å². The van der Waals surface area contributed by atoms with Gasteiger partial charge in [0.25, 0.3) is 0 Å². The van der Waals surface area contributed by atoms with Gasteiger partial charge in [-0.25, -0.2) is 0 Å². The molecule has 1 aliphatic heterocycles. The third kappa shape index (κ3) is 4.40. The molecule has 0 aromatic rings. The minimum atomic E-state index is -0.112. The van der Waals surface area contributed by atoms with Crippen molar-refractivity contribution >= 4 is 41.8 Å². The van der Waals surface area contributed by atoms with Crippen molar-refractivity contribution < 1.29 is 14.3 Å². The van der Waals surface area contributed by atoms with Crippen LogP contribution in [-0.4, -0.2) is 62.6 Å². The average molecular weight is 530 g/mol. The van der Waals surface area contributed by atoms with Crippen LogP contribution in [0.5, 0.6) is 0 Å². The average Bonchev–Trinajstić information content (AvgIpc) is 3.36. The van der Waals surface area contributed by atoms with Crippen LogP contribution in [0, 0.1) is 29.1 Å². The predicted molar refractivity (Wildman–Crippen MR) is 127 cm³/mol. The van der Waals surface area contributed by atoms with E-state index in [1.54, 1.807) is 7.11 Å². The molecule has 2 saturated carbocycles. The fraction of sp³-hybridized carbons (Fsp3) is 0.773. The van der Waals surface area contributed by atoms with E-state index >= 15 is 0 Å². The van der Waals surface area contributed by atoms with Crippen molar-refractivity contribution in [2.75, 3.05) is 39.9 Å². The lowest BCUT2D eigenvalue weighted by molar-refractivity contribution is -0.140. The first kappa shape index (κ1) is 23.5. The first-order chi connectivity index (χ1) is 14.1. The van der Waals surface area contributed by atoms with Crippen LogP contribution in [0.3, 0.4) is 0 Å². The van der Waals surface area contributed by atoms with Crippen LogP contribution in [0.2, 0.25) is 0 Å². The number of hydrogen-bond donors (Lipinski definition) is 2. The van der Waals surface area contributed by atoms with Crippen LogP contribution in [-0.2, 0) is 14.3 Å². The molecule has 2 amide bonds. The summed E-state index contributed by atoms with van der Waals surface area (Å²) >= 11 is 0. The smallest absolute Gasteiger partial charge is 0.233 e. The molecule has 0 radical (unpaired) electrons. The number of methoxy groups -OCH3 is 1. The topological polar surface area (TPSA) is 83.0 Å². The van der Waals surface area contributed by atoms with Crippen molar-refractivity contribution in [3.05, 3.63) is 12.2 Å². The van der Waals surface area contributed by atoms with Gasteiger partial charge in [0.1, 0.15) is 0 Å². The summed E-state index contributed by atoms with van der Waals surface area (Å²) < 4.78 is 5.27. The number of fused-ring (bicyclic) bond motifs is 5. The lowest BCUT2D eigenvalue weighted by Gasteiger charge is -2.40. The number of amides is 2. The van der Waals surface area contributed by atoms with Gasteiger partial charge in [0.15, 0.2) is 5.96 Å². The summed E-state index contributed by atoms with van der Waals surface area (Å²) in [5, 5.41) is 6.60. The lowest BCUT2D eigenvalue weighted by Crippen LogP contribution is -2.44. The molecule has 3 fully saturated rings. The van der Waals surface area contributed by atoms with Gasteiger partial charge in [-0.1, -0.05) is 18.6 Å². The van der Waals surface area contributed by atoms with Crippen LogP contribution in [0.25, 0.3) is 0 Å². The van der Waals surface area contributed by atoms with Gasteiger partial charge in [0.2, 0.25) is 11.8 Å². The van der Waals surface area contributed by atoms with E-state index in [0.717, 1.165) is 38.5 Å². The molecule has 2 N–H and O–H groups in total. The van der Waals surface area contributed by atoms with E-state index in [9.17, 15) is 9.59 Å². The number of hydrogen-bond acceptors (Lipinski definition) is 4. The SMILES string of the molecule is CCNC(=NCC1(CCOC)CCC1)NCCN1C(=O)C2C3C=CC(C3)C2C1=O.I. The van der Waals surface area contributed by atoms with E-state index in [0.29, 0.717) is 13.1 Å². The fourth-order valence-corrected chi connectivity index (χ4v) is 5.54. The molecule has 4 rings (SSSR count). The lowest BCUT2D eigenvalue weighted by atomic mass is 9.67. The molecule has 1 heterocycles. The van der Waals surface area contributed by atoms with E-state index in [1.165, 1.54) is 24.2 Å². The Hall–Kier alpha value is -1.16. The molecule has 7 nitrogen and oxygen atoms in total. The second kappa shape index (κ2) is 9.97. The fourth-order valence-electron chi connectivity index (χ4n) is 5.54. The molecular weight excluding hydrogens is 495 g/mol. The standard InChI is InChI=1S/C22H34N4O3.HI/c1-3-23-21(25-14-22(7-4-8-22)9-12-29-2)24-10-11-26-19(27)17-15-5-6-16(13-15)18(17)20(26)28;/h5-6,15-18H,3-4,7-14H2,1-2H3,(H2,23,24,25);1H. The van der Waals surface area contributed by atoms with E-state index in [2.05, 4.69) is 22.8 Å². The maximum Gasteiger partial charge on any atom is 0.233 e. The molecule has 0 aromatic carbocycles. The summed E-state index contributed by atoms with van der Waals surface area (Å²) in [6.45, 7) is 5.31. The number of allylic oxidation sites excluding steroid dienone is 2. The van der Waals surface area contributed by atoms with Crippen LogP contribution in [0.4, 0.5) is 0 Å². The highest BCUT2D eigenvalue weighted by Crippen LogP contribution is 2.52. The number of ether oxygens (including phenoxy) is 1. The minimum absolute atomic E-state index is 0. The molecule has 1 saturated heterocycles. The highest BCUT2D eigenvalue weighted by atomic mass is 127. The van der Waals surface area contributed by atoms with Crippen molar-refractivity contribution in [2.24, 2.45) is 34.1 Å². The second-order valence-electron chi connectivity index (χ2n) is 9.05. The maximum atomic E-state index is 12.8. The molecule has 168 valence electrons. The Morgan fingerprint density at radius 2 is 1.87 bits per heavy atom. The number of imide groups is 1. The molecule has 2 bridgehead atoms. The summed E-state index contributed by atoms with van der Waals surface area (Å²) in [5.74, 6) is 1.12. The Morgan fingerprint density at radius 3 is 2.40 bits per heavy atom. The minimum Gasteiger partial charge on any atom is -0.385 e. The molecule has 4 aliphatic rings. The van der Waals surface area contributed by atoms with Gasteiger partial charge in [-0.2, -0.15) is 0 Å². The Labute approximate surface area is 196 Å². The zero-order valence-corrected chi connectivity index (χ0v) is 20.4. The Bertz CT molecular complexity index is 676. The molecule has 4 unspecified atom stereocenters. The number of likely N-dealkylation sites (tertiary alicyclic amines) is 1. The summed E-state index contributed by atoms with van der Waals surface area (Å²) in [6, 6.07) is 0. The third-order valence-electron chi connectivity index (χ3n) is 7.36. The van der Waals surface area contributed by atoms with Crippen molar-refractivity contribution in [1.29, 1.82) is 0 Å². The van der Waals surface area contributed by atoms with Crippen molar-refractivity contribution in [1.82, 2.24) is 15.5 Å². The van der Waals surface area contributed by atoms with Gasteiger partial charge >= 0.3 is 0 Å². The predicted octanol–water partition coefficient (Wildman–Crippen LogP) is 2.17. The maximum absolute atomic E-state index is 12.8. The quantitative estimate of drug-likeness (QED) is 0.157. The molecular formula is C22H35IN4O3. The molecule has 8 heteroatoms. The third-order valence-corrected chi connectivity index (χ3v) is 7.36. The van der Waals surface area contributed by atoms with Crippen molar-refractivity contribution in [3.63, 3.8) is 0 Å². The normalized spacial score (nSPS) is 30.9. The Morgan fingerprint density at radius 1 is 1.20 bits per heavy atom. The van der Waals surface area contributed by atoms with Gasteiger partial charge in [0, 0.05) is 39.9 Å². The summed E-state index contributed by atoms with van der Waals surface area (Å²) in [7, 11) is 1.75. The van der Waals surface area contributed by atoms with Crippen molar-refractivity contribution in [2.45, 2.75) is 39.0 Å². The van der Waals surface area contributed by atoms with E-state index < -0.39 is 0 Å². The van der Waals surface area contributed by atoms with E-state index in [-0.39, 0.29) is 64.9 Å². The summed E-state index contributed by atoms with van der Waals surface area (Å²) in [5.41, 5.74) is 0.267. The zero-order chi connectivity index (χ0) is 20.4. The number of carbonyl (C=O) groups is 2. The van der Waals surface area contributed by atoms with Gasteiger partial charge < -0.3 is 15.4 Å². The van der Waals surface area contributed by atoms with Crippen LogP contribution in [0.1, 0.15) is 39.0 Å². The Balaban J connectivity index is 0.00000256. The van der Waals surface area contributed by atoms with E-state index in [4.69, 9.17) is 9.73 Å². The summed E-state index contributed by atoms with van der Waals surface area (Å²) in [6.07, 6.45) is 9.96. The number of nitrogens with one attached hydrogen (secondary N) is 2. The molecule has 4 atom stereocenters. The number of nitrogens with zero attached hydrogens (tertiary/aromatic N) is 2. The summed E-state index contributed by atoms with van der Waals surface area (Å²) in [4.78, 5) is 31.8. The van der Waals surface area contributed by atoms with Crippen molar-refractivity contribution in [3.8, 4) is 0 Å². The molecule has 30 heavy (non-hydrogen) atoms. The Kier molecular flexibility index (Phi) is 7.81. The number of guanidine groups is 1.